The lowest BCUT2D eigenvalue weighted by molar-refractivity contribution is 1.01. The monoisotopic (exact) mass is 1670 g/mol. The van der Waals surface area contributed by atoms with E-state index in [-0.39, 0.29) is 0 Å². The molecule has 0 aliphatic heterocycles. The molecular formula is C125H95N5. The molecule has 0 aliphatic rings. The highest BCUT2D eigenvalue weighted by molar-refractivity contribution is 6.18. The fraction of sp³-hybridized carbons (Fsp3) is 0.0400. The molecule has 0 aliphatic carbocycles. The molecule has 0 fully saturated rings. The Bertz CT molecular complexity index is 8270. The van der Waals surface area contributed by atoms with Crippen LogP contribution in [0, 0.1) is 27.7 Å². The zero-order valence-corrected chi connectivity index (χ0v) is 73.4. The van der Waals surface area contributed by atoms with Gasteiger partial charge in [0.1, 0.15) is 0 Å². The van der Waals surface area contributed by atoms with E-state index in [1.165, 1.54) is 221 Å². The van der Waals surface area contributed by atoms with Crippen LogP contribution in [0.4, 0.5) is 0 Å². The molecule has 0 spiro atoms. The van der Waals surface area contributed by atoms with Crippen molar-refractivity contribution in [1.29, 1.82) is 0 Å². The first-order valence-electron chi connectivity index (χ1n) is 44.8. The van der Waals surface area contributed by atoms with E-state index in [0.29, 0.717) is 0 Å². The molecule has 5 nitrogen and oxygen atoms in total. The van der Waals surface area contributed by atoms with Crippen molar-refractivity contribution in [3.63, 3.8) is 0 Å². The highest BCUT2D eigenvalue weighted by atomic mass is 15.0. The number of rotatable bonds is 10. The molecule has 0 saturated carbocycles. The first-order valence-corrected chi connectivity index (χ1v) is 44.8. The van der Waals surface area contributed by atoms with Gasteiger partial charge < -0.3 is 22.8 Å². The van der Waals surface area contributed by atoms with E-state index < -0.39 is 0 Å². The number of benzene rings is 20. The van der Waals surface area contributed by atoms with Crippen molar-refractivity contribution in [2.24, 2.45) is 7.05 Å². The lowest BCUT2D eigenvalue weighted by Crippen LogP contribution is -1.95. The van der Waals surface area contributed by atoms with E-state index in [1.54, 1.807) is 0 Å². The third kappa shape index (κ3) is 15.5. The maximum Gasteiger partial charge on any atom is 0.0619 e. The average molecular weight is 1670 g/mol. The lowest BCUT2D eigenvalue weighted by Gasteiger charge is -2.11. The van der Waals surface area contributed by atoms with Crippen molar-refractivity contribution in [3.8, 4) is 89.5 Å². The summed E-state index contributed by atoms with van der Waals surface area (Å²) in [6.45, 7) is 8.62. The molecule has 0 amide bonds. The molecule has 0 unspecified atom stereocenters. The molecule has 25 rings (SSSR count). The first-order chi connectivity index (χ1) is 64.1. The Morgan fingerprint density at radius 2 is 0.438 bits per heavy atom. The number of fused-ring (bicyclic) bond motifs is 15. The van der Waals surface area contributed by atoms with Gasteiger partial charge in [-0.1, -0.05) is 369 Å². The molecule has 20 aromatic carbocycles. The van der Waals surface area contributed by atoms with Crippen LogP contribution in [-0.2, 0) is 7.05 Å². The Kier molecular flexibility index (Phi) is 21.9. The first kappa shape index (κ1) is 80.5. The highest BCUT2D eigenvalue weighted by Crippen LogP contribution is 2.44. The third-order valence-electron chi connectivity index (χ3n) is 25.5. The second kappa shape index (κ2) is 35.4. The molecule has 25 aromatic rings. The van der Waals surface area contributed by atoms with Gasteiger partial charge in [-0.05, 0) is 228 Å². The molecule has 0 radical (unpaired) electrons. The van der Waals surface area contributed by atoms with Crippen LogP contribution in [0.3, 0.4) is 0 Å². The zero-order chi connectivity index (χ0) is 87.5. The van der Waals surface area contributed by atoms with E-state index in [1.807, 2.05) is 0 Å². The van der Waals surface area contributed by atoms with Crippen molar-refractivity contribution < 1.29 is 0 Å². The van der Waals surface area contributed by atoms with E-state index in [2.05, 4.69) is 543 Å². The van der Waals surface area contributed by atoms with Crippen LogP contribution in [0.5, 0.6) is 0 Å². The predicted molar refractivity (Wildman–Crippen MR) is 555 cm³/mol. The molecule has 620 valence electrons. The number of hydrogen-bond acceptors (Lipinski definition) is 0. The number of nitrogens with zero attached hydrogens (tertiary/aromatic N) is 5. The maximum atomic E-state index is 2.39. The topological polar surface area (TPSA) is 24.6 Å². The number of aromatic nitrogens is 5. The number of hydrogen-bond donors (Lipinski definition) is 0. The standard InChI is InChI=1S/5C25H19N/c1-18-9-8-14-24-25(18)22-17-20(19-10-4-2-5-11-19)15-16-23(22)26(24)21-12-6-3-7-13-21;1-26-24-14-12-20(18-8-4-2-5-9-18)16-22(24)23-17-21(13-15-25(23)26)19-10-6-3-7-11-19;1-18-12-14-24-22(16-18)23-17-20(19-8-4-2-5-9-19)13-15-25(23)26(24)21-10-6-3-7-11-21;1-18-14-16-19(17-15-18)21-11-7-12-23-22-10-5-6-13-24(22)26(25(21)23)20-8-3-2-4-9-20;1-18-14-16-19(17-15-18)21-11-7-13-24-25(21)22-10-5-6-12-23(22)26(24)20-8-3-2-4-9-20/h5*2-17H,1H3. The van der Waals surface area contributed by atoms with Gasteiger partial charge >= 0.3 is 0 Å². The van der Waals surface area contributed by atoms with Crippen molar-refractivity contribution in [2.75, 3.05) is 0 Å². The SMILES string of the molecule is Cc1ccc(-c2cccc3c2c2ccccc2n3-c2ccccc2)cc1.Cc1ccc(-c2cccc3c4ccccc4n(-c4ccccc4)c23)cc1.Cc1ccc2c(c1)c1cc(-c3ccccc3)ccc1n2-c1ccccc1.Cc1cccc2c1c1cc(-c3ccccc3)ccc1n2-c1ccccc1.Cn1c2ccc(-c3ccccc3)cc2c2cc(-c3ccccc3)ccc21. The van der Waals surface area contributed by atoms with Crippen LogP contribution < -0.4 is 0 Å². The summed E-state index contributed by atoms with van der Waals surface area (Å²) >= 11 is 0. The van der Waals surface area contributed by atoms with Crippen LogP contribution in [0.25, 0.3) is 199 Å². The lowest BCUT2D eigenvalue weighted by atomic mass is 9.99. The fourth-order valence-electron chi connectivity index (χ4n) is 19.2. The van der Waals surface area contributed by atoms with Gasteiger partial charge in [0.2, 0.25) is 0 Å². The summed E-state index contributed by atoms with van der Waals surface area (Å²) in [5, 5.41) is 13.1. The minimum atomic E-state index is 1.19. The smallest absolute Gasteiger partial charge is 0.0619 e. The van der Waals surface area contributed by atoms with Crippen LogP contribution in [0.15, 0.2) is 485 Å². The van der Waals surface area contributed by atoms with E-state index in [9.17, 15) is 0 Å². The van der Waals surface area contributed by atoms with Gasteiger partial charge in [0.05, 0.1) is 44.1 Å². The second-order valence-corrected chi connectivity index (χ2v) is 33.8. The summed E-state index contributed by atoms with van der Waals surface area (Å²) < 4.78 is 11.8. The van der Waals surface area contributed by atoms with E-state index in [4.69, 9.17) is 0 Å². The molecule has 5 heteroatoms. The van der Waals surface area contributed by atoms with Crippen LogP contribution in [-0.4, -0.2) is 22.8 Å². The van der Waals surface area contributed by atoms with Crippen LogP contribution >= 0.6 is 0 Å². The van der Waals surface area contributed by atoms with Gasteiger partial charge in [0.15, 0.2) is 0 Å². The van der Waals surface area contributed by atoms with Gasteiger partial charge in [-0.3, -0.25) is 0 Å². The minimum absolute atomic E-state index is 1.19. The van der Waals surface area contributed by atoms with Crippen molar-refractivity contribution in [1.82, 2.24) is 22.8 Å². The highest BCUT2D eigenvalue weighted by Gasteiger charge is 2.21. The maximum absolute atomic E-state index is 2.39. The second-order valence-electron chi connectivity index (χ2n) is 33.8. The normalized spacial score (nSPS) is 11.3. The van der Waals surface area contributed by atoms with E-state index >= 15 is 0 Å². The van der Waals surface area contributed by atoms with Gasteiger partial charge in [0.25, 0.3) is 0 Å². The molecule has 0 N–H and O–H groups in total. The van der Waals surface area contributed by atoms with E-state index in [0.717, 1.165) is 0 Å². The predicted octanol–water partition coefficient (Wildman–Crippen LogP) is 33.7. The summed E-state index contributed by atoms with van der Waals surface area (Å²) in [6, 6.07) is 173. The summed E-state index contributed by atoms with van der Waals surface area (Å²) in [7, 11) is 2.15. The summed E-state index contributed by atoms with van der Waals surface area (Å²) in [4.78, 5) is 0. The molecule has 0 bridgehead atoms. The Morgan fingerprint density at radius 1 is 0.154 bits per heavy atom. The van der Waals surface area contributed by atoms with Crippen LogP contribution in [0.1, 0.15) is 22.3 Å². The number of aryl methyl sites for hydroxylation is 5. The van der Waals surface area contributed by atoms with Gasteiger partial charge in [-0.25, -0.2) is 0 Å². The Hall–Kier alpha value is -16.6. The zero-order valence-electron chi connectivity index (χ0n) is 73.4. The van der Waals surface area contributed by atoms with Crippen molar-refractivity contribution in [3.05, 3.63) is 508 Å². The molecule has 0 atom stereocenters. The largest absolute Gasteiger partial charge is 0.344 e. The minimum Gasteiger partial charge on any atom is -0.344 e. The fourth-order valence-corrected chi connectivity index (χ4v) is 19.2. The van der Waals surface area contributed by atoms with Crippen molar-refractivity contribution >= 4 is 109 Å². The van der Waals surface area contributed by atoms with Crippen LogP contribution in [0.2, 0.25) is 0 Å². The Balaban J connectivity index is 0.0000000983. The average Bonchev–Trinajstić information content (AvgIpc) is 1.61. The third-order valence-corrected chi connectivity index (χ3v) is 25.5. The quantitative estimate of drug-likeness (QED) is 0.130. The van der Waals surface area contributed by atoms with Crippen molar-refractivity contribution in [2.45, 2.75) is 27.7 Å². The van der Waals surface area contributed by atoms with Gasteiger partial charge in [-0.15, -0.1) is 0 Å². The summed E-state index contributed by atoms with van der Waals surface area (Å²) in [6.07, 6.45) is 0. The molecule has 130 heavy (non-hydrogen) atoms. The molecule has 5 aromatic heterocycles. The molecule has 0 saturated heterocycles. The Labute approximate surface area is 758 Å². The molecular weight excluding hydrogens is 1570 g/mol. The van der Waals surface area contributed by atoms with Gasteiger partial charge in [-0.2, -0.15) is 0 Å². The molecule has 5 heterocycles. The number of para-hydroxylation sites is 7. The summed E-state index contributed by atoms with van der Waals surface area (Å²) in [5.41, 5.74) is 37.6. The Morgan fingerprint density at radius 3 is 0.900 bits per heavy atom. The summed E-state index contributed by atoms with van der Waals surface area (Å²) in [5.74, 6) is 0. The van der Waals surface area contributed by atoms with Gasteiger partial charge in [0, 0.05) is 100 Å².